The zero-order chi connectivity index (χ0) is 20.5. The lowest BCUT2D eigenvalue weighted by atomic mass is 10.1. The molecule has 0 aliphatic rings. The van der Waals surface area contributed by atoms with Gasteiger partial charge < -0.3 is 10.2 Å². The fraction of sp³-hybridized carbons (Fsp3) is 0.333. The fourth-order valence-electron chi connectivity index (χ4n) is 2.61. The van der Waals surface area contributed by atoms with Gasteiger partial charge in [-0.2, -0.15) is 0 Å². The molecule has 0 fully saturated rings. The van der Waals surface area contributed by atoms with E-state index in [1.165, 1.54) is 0 Å². The van der Waals surface area contributed by atoms with Crippen molar-refractivity contribution in [3.05, 3.63) is 68.6 Å². The third kappa shape index (κ3) is 7.26. The molecule has 2 aromatic carbocycles. The van der Waals surface area contributed by atoms with Gasteiger partial charge in [0.2, 0.25) is 11.8 Å². The number of carbonyl (C=O) groups excluding carboxylic acids is 2. The van der Waals surface area contributed by atoms with Crippen molar-refractivity contribution in [3.8, 4) is 0 Å². The smallest absolute Gasteiger partial charge is 0.242 e. The number of amides is 2. The van der Waals surface area contributed by atoms with Crippen LogP contribution in [-0.4, -0.2) is 35.1 Å². The Bertz CT molecular complexity index is 782. The second-order valence-electron chi connectivity index (χ2n) is 6.34. The second-order valence-corrected chi connectivity index (χ2v) is 9.15. The van der Waals surface area contributed by atoms with Gasteiger partial charge in [-0.05, 0) is 49.2 Å². The number of halogens is 2. The summed E-state index contributed by atoms with van der Waals surface area (Å²) in [6.45, 7) is 4.60. The van der Waals surface area contributed by atoms with Crippen LogP contribution in [0.5, 0.6) is 0 Å². The lowest BCUT2D eigenvalue weighted by molar-refractivity contribution is -0.138. The molecule has 2 rings (SSSR count). The van der Waals surface area contributed by atoms with Crippen molar-refractivity contribution in [1.82, 2.24) is 10.2 Å². The van der Waals surface area contributed by atoms with Crippen LogP contribution in [0.15, 0.2) is 57.5 Å². The number of nitrogens with one attached hydrogen (secondary N) is 1. The highest BCUT2D eigenvalue weighted by Gasteiger charge is 2.25. The van der Waals surface area contributed by atoms with Crippen LogP contribution in [-0.2, 0) is 21.9 Å². The fourth-order valence-corrected chi connectivity index (χ4v) is 4.01. The Kier molecular flexibility index (Phi) is 9.55. The molecule has 1 atom stereocenters. The zero-order valence-corrected chi connectivity index (χ0v) is 19.9. The predicted molar refractivity (Wildman–Crippen MR) is 123 cm³/mol. The Morgan fingerprint density at radius 2 is 1.54 bits per heavy atom. The monoisotopic (exact) mass is 526 g/mol. The first-order valence-electron chi connectivity index (χ1n) is 9.04. The number of benzene rings is 2. The maximum absolute atomic E-state index is 12.9. The van der Waals surface area contributed by atoms with E-state index in [2.05, 4.69) is 37.2 Å². The predicted octanol–water partition coefficient (Wildman–Crippen LogP) is 5.00. The molecule has 0 unspecified atom stereocenters. The van der Waals surface area contributed by atoms with Gasteiger partial charge in [-0.15, -0.1) is 11.8 Å². The van der Waals surface area contributed by atoms with Crippen LogP contribution in [0.4, 0.5) is 0 Å². The summed E-state index contributed by atoms with van der Waals surface area (Å²) >= 11 is 8.41. The van der Waals surface area contributed by atoms with Crippen LogP contribution in [0.1, 0.15) is 25.0 Å². The van der Waals surface area contributed by atoms with Crippen LogP contribution < -0.4 is 5.32 Å². The van der Waals surface area contributed by atoms with Gasteiger partial charge in [0.15, 0.2) is 0 Å². The largest absolute Gasteiger partial charge is 0.355 e. The van der Waals surface area contributed by atoms with Crippen molar-refractivity contribution in [1.29, 1.82) is 0 Å². The van der Waals surface area contributed by atoms with E-state index in [1.54, 1.807) is 23.6 Å². The number of thioether (sulfide) groups is 1. The van der Waals surface area contributed by atoms with Crippen molar-refractivity contribution >= 4 is 55.4 Å². The summed E-state index contributed by atoms with van der Waals surface area (Å²) in [5, 5.41) is 2.81. The van der Waals surface area contributed by atoms with E-state index < -0.39 is 6.04 Å². The quantitative estimate of drug-likeness (QED) is 0.499. The molecule has 7 heteroatoms. The maximum Gasteiger partial charge on any atom is 0.242 e. The van der Waals surface area contributed by atoms with Gasteiger partial charge in [0, 0.05) is 27.8 Å². The van der Waals surface area contributed by atoms with E-state index in [9.17, 15) is 9.59 Å². The number of hydrogen-bond donors (Lipinski definition) is 1. The minimum atomic E-state index is -0.524. The number of nitrogens with zero attached hydrogens (tertiary/aromatic N) is 1. The van der Waals surface area contributed by atoms with Gasteiger partial charge in [-0.1, -0.05) is 56.1 Å². The van der Waals surface area contributed by atoms with Crippen molar-refractivity contribution in [2.75, 3.05) is 12.3 Å². The summed E-state index contributed by atoms with van der Waals surface area (Å²) in [6, 6.07) is 15.4. The van der Waals surface area contributed by atoms with E-state index in [-0.39, 0.29) is 11.8 Å². The van der Waals surface area contributed by atoms with Gasteiger partial charge in [0.05, 0.1) is 5.75 Å². The first-order chi connectivity index (χ1) is 13.4. The molecular formula is C21H24Br2N2O2S. The molecule has 0 bridgehead atoms. The van der Waals surface area contributed by atoms with Gasteiger partial charge in [-0.25, -0.2) is 0 Å². The Hall–Kier alpha value is -1.31. The summed E-state index contributed by atoms with van der Waals surface area (Å²) < 4.78 is 2.02. The number of rotatable bonds is 9. The minimum absolute atomic E-state index is 0.0382. The van der Waals surface area contributed by atoms with Crippen LogP contribution >= 0.6 is 43.6 Å². The van der Waals surface area contributed by atoms with E-state index in [4.69, 9.17) is 0 Å². The lowest BCUT2D eigenvalue weighted by Crippen LogP contribution is -2.48. The highest BCUT2D eigenvalue weighted by molar-refractivity contribution is 9.10. The molecule has 150 valence electrons. The van der Waals surface area contributed by atoms with Gasteiger partial charge >= 0.3 is 0 Å². The number of likely N-dealkylation sites (N-methyl/N-ethyl adjacent to an activating group) is 1. The molecular weight excluding hydrogens is 504 g/mol. The summed E-state index contributed by atoms with van der Waals surface area (Å²) in [5.41, 5.74) is 2.16. The highest BCUT2D eigenvalue weighted by atomic mass is 79.9. The summed E-state index contributed by atoms with van der Waals surface area (Å²) in [7, 11) is 0. The Labute approximate surface area is 187 Å². The molecule has 0 aromatic heterocycles. The molecule has 2 aromatic rings. The molecule has 0 saturated heterocycles. The molecule has 0 aliphatic carbocycles. The van der Waals surface area contributed by atoms with Crippen LogP contribution in [0, 0.1) is 0 Å². The standard InChI is InChI=1S/C21H24Br2N2O2S/c1-3-24-21(27)15(2)25(12-16-4-8-18(22)9-5-16)20(26)14-28-13-17-6-10-19(23)11-7-17/h4-11,15H,3,12-14H2,1-2H3,(H,24,27)/t15-/m1/s1. The van der Waals surface area contributed by atoms with Crippen LogP contribution in [0.25, 0.3) is 0 Å². The molecule has 0 radical (unpaired) electrons. The van der Waals surface area contributed by atoms with E-state index in [1.807, 2.05) is 55.5 Å². The molecule has 0 spiro atoms. The third-order valence-corrected chi connectivity index (χ3v) is 6.24. The Morgan fingerprint density at radius 3 is 2.07 bits per heavy atom. The molecule has 0 aliphatic heterocycles. The molecule has 0 heterocycles. The van der Waals surface area contributed by atoms with Crippen molar-refractivity contribution in [2.45, 2.75) is 32.2 Å². The Balaban J connectivity index is 2.03. The van der Waals surface area contributed by atoms with Gasteiger partial charge in [-0.3, -0.25) is 9.59 Å². The minimum Gasteiger partial charge on any atom is -0.355 e. The van der Waals surface area contributed by atoms with E-state index in [0.29, 0.717) is 18.8 Å². The molecule has 4 nitrogen and oxygen atoms in total. The average Bonchev–Trinajstić information content (AvgIpc) is 2.68. The van der Waals surface area contributed by atoms with Crippen molar-refractivity contribution in [3.63, 3.8) is 0 Å². The average molecular weight is 528 g/mol. The highest BCUT2D eigenvalue weighted by Crippen LogP contribution is 2.18. The molecule has 0 saturated carbocycles. The van der Waals surface area contributed by atoms with E-state index >= 15 is 0 Å². The number of hydrogen-bond acceptors (Lipinski definition) is 3. The van der Waals surface area contributed by atoms with Gasteiger partial charge in [0.1, 0.15) is 6.04 Å². The molecule has 1 N–H and O–H groups in total. The lowest BCUT2D eigenvalue weighted by Gasteiger charge is -2.28. The zero-order valence-electron chi connectivity index (χ0n) is 16.0. The first kappa shape index (κ1) is 23.0. The summed E-state index contributed by atoms with van der Waals surface area (Å²) in [5.74, 6) is 0.909. The molecule has 28 heavy (non-hydrogen) atoms. The first-order valence-corrected chi connectivity index (χ1v) is 11.8. The van der Waals surface area contributed by atoms with E-state index in [0.717, 1.165) is 25.8 Å². The Morgan fingerprint density at radius 1 is 1.00 bits per heavy atom. The third-order valence-electron chi connectivity index (χ3n) is 4.19. The summed E-state index contributed by atoms with van der Waals surface area (Å²) in [4.78, 5) is 26.9. The normalized spacial score (nSPS) is 11.7. The SMILES string of the molecule is CCNC(=O)[C@@H](C)N(Cc1ccc(Br)cc1)C(=O)CSCc1ccc(Br)cc1. The molecule has 2 amide bonds. The topological polar surface area (TPSA) is 49.4 Å². The van der Waals surface area contributed by atoms with Gasteiger partial charge in [0.25, 0.3) is 0 Å². The van der Waals surface area contributed by atoms with Crippen molar-refractivity contribution in [2.24, 2.45) is 0 Å². The summed E-state index contributed by atoms with van der Waals surface area (Å²) in [6.07, 6.45) is 0. The van der Waals surface area contributed by atoms with Crippen molar-refractivity contribution < 1.29 is 9.59 Å². The second kappa shape index (κ2) is 11.6. The number of carbonyl (C=O) groups is 2. The van der Waals surface area contributed by atoms with Crippen LogP contribution in [0.3, 0.4) is 0 Å². The van der Waals surface area contributed by atoms with Crippen LogP contribution in [0.2, 0.25) is 0 Å². The maximum atomic E-state index is 12.9.